The predicted molar refractivity (Wildman–Crippen MR) is 99.8 cm³/mol. The summed E-state index contributed by atoms with van der Waals surface area (Å²) in [5.41, 5.74) is 2.77. The summed E-state index contributed by atoms with van der Waals surface area (Å²) in [5.74, 6) is -0.0860. The Morgan fingerprint density at radius 1 is 1.12 bits per heavy atom. The minimum Gasteiger partial charge on any atom is -0.352 e. The van der Waals surface area contributed by atoms with E-state index in [0.717, 1.165) is 22.7 Å². The summed E-state index contributed by atoms with van der Waals surface area (Å²) >= 11 is 7.52. The number of thiazole rings is 1. The molecule has 1 N–H and O–H groups in total. The second kappa shape index (κ2) is 7.60. The van der Waals surface area contributed by atoms with Gasteiger partial charge in [0.05, 0.1) is 5.69 Å². The van der Waals surface area contributed by atoms with Crippen molar-refractivity contribution in [2.24, 2.45) is 0 Å². The summed E-state index contributed by atoms with van der Waals surface area (Å²) in [5, 5.41) is 4.59. The Morgan fingerprint density at radius 2 is 1.83 bits per heavy atom. The number of carbonyl (C=O) groups excluding carboxylic acids is 1. The lowest BCUT2D eigenvalue weighted by Gasteiger charge is -2.04. The first kappa shape index (κ1) is 16.7. The van der Waals surface area contributed by atoms with Gasteiger partial charge in [0.25, 0.3) is 5.91 Å². The van der Waals surface area contributed by atoms with Crippen molar-refractivity contribution in [3.63, 3.8) is 0 Å². The van der Waals surface area contributed by atoms with Gasteiger partial charge in [-0.1, -0.05) is 41.9 Å². The number of hydrogen-bond donors (Lipinski definition) is 1. The number of amides is 1. The molecule has 1 aromatic heterocycles. The second-order valence-electron chi connectivity index (χ2n) is 5.41. The van der Waals surface area contributed by atoms with E-state index in [1.54, 1.807) is 35.6 Å². The maximum Gasteiger partial charge on any atom is 0.251 e. The van der Waals surface area contributed by atoms with Crippen LogP contribution in [0.4, 0.5) is 0 Å². The van der Waals surface area contributed by atoms with Crippen LogP contribution in [0, 0.1) is 6.92 Å². The second-order valence-corrected chi connectivity index (χ2v) is 6.93. The number of hydrogen-bond acceptors (Lipinski definition) is 3. The van der Waals surface area contributed by atoms with Gasteiger partial charge in [-0.15, -0.1) is 11.3 Å². The van der Waals surface area contributed by atoms with E-state index in [2.05, 4.69) is 22.4 Å². The van der Waals surface area contributed by atoms with E-state index >= 15 is 0 Å². The van der Waals surface area contributed by atoms with Gasteiger partial charge < -0.3 is 5.32 Å². The number of rotatable bonds is 5. The molecule has 0 fully saturated rings. The first-order valence-corrected chi connectivity index (χ1v) is 8.88. The number of nitrogens with zero attached hydrogens (tertiary/aromatic N) is 1. The Balaban J connectivity index is 1.60. The van der Waals surface area contributed by atoms with Crippen LogP contribution in [0.2, 0.25) is 5.02 Å². The predicted octanol–water partition coefficient (Wildman–Crippen LogP) is 4.74. The zero-order valence-electron chi connectivity index (χ0n) is 13.3. The highest BCUT2D eigenvalue weighted by Gasteiger charge is 2.10. The highest BCUT2D eigenvalue weighted by atomic mass is 35.5. The van der Waals surface area contributed by atoms with Gasteiger partial charge in [0.1, 0.15) is 5.01 Å². The number of benzene rings is 2. The van der Waals surface area contributed by atoms with Crippen molar-refractivity contribution in [3.05, 3.63) is 75.8 Å². The average Bonchev–Trinajstić information content (AvgIpc) is 2.97. The Hall–Kier alpha value is -2.17. The molecular weight excluding hydrogens is 340 g/mol. The fourth-order valence-electron chi connectivity index (χ4n) is 2.36. The molecule has 3 nitrogen and oxygen atoms in total. The van der Waals surface area contributed by atoms with Crippen LogP contribution < -0.4 is 5.32 Å². The Morgan fingerprint density at radius 3 is 2.54 bits per heavy atom. The standard InChI is InChI=1S/C19H17ClN2OS/c1-13-17(24-19(22-13)15-5-3-2-4-6-15)11-12-21-18(23)14-7-9-16(20)10-8-14/h2-10H,11-12H2,1H3,(H,21,23). The zero-order valence-corrected chi connectivity index (χ0v) is 14.8. The lowest BCUT2D eigenvalue weighted by molar-refractivity contribution is 0.0954. The van der Waals surface area contributed by atoms with E-state index in [1.165, 1.54) is 4.88 Å². The summed E-state index contributed by atoms with van der Waals surface area (Å²) < 4.78 is 0. The first-order valence-electron chi connectivity index (χ1n) is 7.69. The summed E-state index contributed by atoms with van der Waals surface area (Å²) in [6.45, 7) is 2.60. The van der Waals surface area contributed by atoms with Crippen molar-refractivity contribution in [2.45, 2.75) is 13.3 Å². The summed E-state index contributed by atoms with van der Waals surface area (Å²) in [4.78, 5) is 17.9. The largest absolute Gasteiger partial charge is 0.352 e. The topological polar surface area (TPSA) is 42.0 Å². The summed E-state index contributed by atoms with van der Waals surface area (Å²) in [7, 11) is 0. The molecule has 1 amide bonds. The molecule has 0 saturated heterocycles. The van der Waals surface area contributed by atoms with Crippen molar-refractivity contribution >= 4 is 28.8 Å². The van der Waals surface area contributed by atoms with Gasteiger partial charge >= 0.3 is 0 Å². The van der Waals surface area contributed by atoms with Crippen LogP contribution in [0.5, 0.6) is 0 Å². The molecule has 3 aromatic rings. The lowest BCUT2D eigenvalue weighted by atomic mass is 10.2. The molecule has 24 heavy (non-hydrogen) atoms. The number of aryl methyl sites for hydroxylation is 1. The third kappa shape index (κ3) is 4.02. The minimum atomic E-state index is -0.0860. The third-order valence-electron chi connectivity index (χ3n) is 3.66. The SMILES string of the molecule is Cc1nc(-c2ccccc2)sc1CCNC(=O)c1ccc(Cl)cc1. The van der Waals surface area contributed by atoms with Gasteiger partial charge in [0, 0.05) is 34.0 Å². The maximum atomic E-state index is 12.1. The van der Waals surface area contributed by atoms with Crippen molar-refractivity contribution in [3.8, 4) is 10.6 Å². The van der Waals surface area contributed by atoms with E-state index < -0.39 is 0 Å². The average molecular weight is 357 g/mol. The molecular formula is C19H17ClN2OS. The van der Waals surface area contributed by atoms with Crippen LogP contribution in [-0.2, 0) is 6.42 Å². The van der Waals surface area contributed by atoms with Gasteiger partial charge in [0.15, 0.2) is 0 Å². The van der Waals surface area contributed by atoms with E-state index in [9.17, 15) is 4.79 Å². The van der Waals surface area contributed by atoms with Gasteiger partial charge in [0.2, 0.25) is 0 Å². The van der Waals surface area contributed by atoms with E-state index in [-0.39, 0.29) is 5.91 Å². The third-order valence-corrected chi connectivity index (χ3v) is 5.18. The number of nitrogens with one attached hydrogen (secondary N) is 1. The molecule has 122 valence electrons. The molecule has 0 aliphatic rings. The summed E-state index contributed by atoms with van der Waals surface area (Å²) in [6, 6.07) is 17.0. The van der Waals surface area contributed by atoms with Gasteiger partial charge in [-0.3, -0.25) is 4.79 Å². The van der Waals surface area contributed by atoms with Crippen LogP contribution in [0.3, 0.4) is 0 Å². The van der Waals surface area contributed by atoms with Crippen LogP contribution in [0.15, 0.2) is 54.6 Å². The van der Waals surface area contributed by atoms with Crippen molar-refractivity contribution in [1.29, 1.82) is 0 Å². The van der Waals surface area contributed by atoms with Gasteiger partial charge in [-0.05, 0) is 31.2 Å². The molecule has 0 unspecified atom stereocenters. The fraction of sp³-hybridized carbons (Fsp3) is 0.158. The number of halogens is 1. The smallest absolute Gasteiger partial charge is 0.251 e. The molecule has 0 saturated carbocycles. The molecule has 3 rings (SSSR count). The molecule has 0 bridgehead atoms. The Bertz CT molecular complexity index is 828. The van der Waals surface area contributed by atoms with Crippen LogP contribution >= 0.6 is 22.9 Å². The maximum absolute atomic E-state index is 12.1. The van der Waals surface area contributed by atoms with Crippen LogP contribution in [0.1, 0.15) is 20.9 Å². The molecule has 5 heteroatoms. The fourth-order valence-corrected chi connectivity index (χ4v) is 3.55. The quantitative estimate of drug-likeness (QED) is 0.717. The monoisotopic (exact) mass is 356 g/mol. The molecule has 0 radical (unpaired) electrons. The first-order chi connectivity index (χ1) is 11.6. The molecule has 0 aliphatic heterocycles. The van der Waals surface area contributed by atoms with Crippen molar-refractivity contribution in [1.82, 2.24) is 10.3 Å². The van der Waals surface area contributed by atoms with Gasteiger partial charge in [-0.2, -0.15) is 0 Å². The lowest BCUT2D eigenvalue weighted by Crippen LogP contribution is -2.25. The molecule has 0 spiro atoms. The number of aromatic nitrogens is 1. The molecule has 1 heterocycles. The molecule has 2 aromatic carbocycles. The van der Waals surface area contributed by atoms with Crippen molar-refractivity contribution in [2.75, 3.05) is 6.54 Å². The van der Waals surface area contributed by atoms with Crippen LogP contribution in [0.25, 0.3) is 10.6 Å². The van der Waals surface area contributed by atoms with E-state index in [0.29, 0.717) is 17.1 Å². The zero-order chi connectivity index (χ0) is 16.9. The van der Waals surface area contributed by atoms with Crippen molar-refractivity contribution < 1.29 is 4.79 Å². The van der Waals surface area contributed by atoms with Gasteiger partial charge in [-0.25, -0.2) is 4.98 Å². The highest BCUT2D eigenvalue weighted by Crippen LogP contribution is 2.27. The summed E-state index contributed by atoms with van der Waals surface area (Å²) in [6.07, 6.45) is 0.773. The number of carbonyl (C=O) groups is 1. The molecule has 0 atom stereocenters. The van der Waals surface area contributed by atoms with E-state index in [4.69, 9.17) is 11.6 Å². The minimum absolute atomic E-state index is 0.0860. The highest BCUT2D eigenvalue weighted by molar-refractivity contribution is 7.15. The molecule has 0 aliphatic carbocycles. The van der Waals surface area contributed by atoms with E-state index in [1.807, 2.05) is 25.1 Å². The Kier molecular flexibility index (Phi) is 5.28. The van der Waals surface area contributed by atoms with Crippen LogP contribution in [-0.4, -0.2) is 17.4 Å². The normalized spacial score (nSPS) is 10.6. The Labute approximate surface area is 150 Å².